The molecular weight excluding hydrogens is 258 g/mol. The van der Waals surface area contributed by atoms with Crippen LogP contribution in [0.5, 0.6) is 5.75 Å². The average Bonchev–Trinajstić information content (AvgIpc) is 2.64. The first kappa shape index (κ1) is 10.2. The van der Waals surface area contributed by atoms with Crippen molar-refractivity contribution in [3.8, 4) is 11.4 Å². The van der Waals surface area contributed by atoms with Gasteiger partial charge < -0.3 is 4.74 Å². The quantitative estimate of drug-likeness (QED) is 0.839. The van der Waals surface area contributed by atoms with Crippen molar-refractivity contribution in [2.75, 3.05) is 7.11 Å². The maximum absolute atomic E-state index is 5.16. The summed E-state index contributed by atoms with van der Waals surface area (Å²) in [7, 11) is 1.64. The van der Waals surface area contributed by atoms with Crippen LogP contribution in [0.1, 0.15) is 5.82 Å². The Labute approximate surface area is 96.0 Å². The molecule has 0 radical (unpaired) electrons. The van der Waals surface area contributed by atoms with Crippen LogP contribution < -0.4 is 4.74 Å². The number of nitrogens with zero attached hydrogens (tertiary/aromatic N) is 3. The smallest absolute Gasteiger partial charge is 0.138 e. The van der Waals surface area contributed by atoms with E-state index in [9.17, 15) is 0 Å². The van der Waals surface area contributed by atoms with Gasteiger partial charge in [0.05, 0.1) is 17.3 Å². The molecule has 0 saturated carbocycles. The van der Waals surface area contributed by atoms with Crippen LogP contribution in [0.2, 0.25) is 0 Å². The van der Waals surface area contributed by atoms with E-state index < -0.39 is 0 Å². The molecule has 1 aromatic heterocycles. The molecule has 0 saturated heterocycles. The van der Waals surface area contributed by atoms with Gasteiger partial charge in [-0.1, -0.05) is 0 Å². The summed E-state index contributed by atoms with van der Waals surface area (Å²) < 4.78 is 7.82. The number of rotatable bonds is 2. The molecule has 0 aliphatic heterocycles. The molecule has 0 atom stereocenters. The van der Waals surface area contributed by atoms with Gasteiger partial charge in [0.1, 0.15) is 17.9 Å². The normalized spacial score (nSPS) is 10.3. The molecule has 78 valence electrons. The number of methoxy groups -OCH3 is 1. The van der Waals surface area contributed by atoms with Gasteiger partial charge in [0.25, 0.3) is 0 Å². The van der Waals surface area contributed by atoms with Gasteiger partial charge in [0.15, 0.2) is 0 Å². The zero-order chi connectivity index (χ0) is 10.8. The number of hydrogen-bond acceptors (Lipinski definition) is 3. The molecule has 0 unspecified atom stereocenters. The van der Waals surface area contributed by atoms with Crippen molar-refractivity contribution >= 4 is 15.9 Å². The molecule has 0 amide bonds. The number of hydrogen-bond donors (Lipinski definition) is 0. The minimum absolute atomic E-state index is 0.802. The van der Waals surface area contributed by atoms with Crippen molar-refractivity contribution in [3.05, 3.63) is 34.8 Å². The second-order valence-corrected chi connectivity index (χ2v) is 3.89. The standard InChI is InChI=1S/C10H10BrN3O/c1-7-12-6-13-14(7)8-3-4-10(15-2)9(11)5-8/h3-6H,1-2H3. The molecular formula is C10H10BrN3O. The summed E-state index contributed by atoms with van der Waals surface area (Å²) in [5, 5.41) is 4.13. The van der Waals surface area contributed by atoms with Crippen molar-refractivity contribution in [3.63, 3.8) is 0 Å². The van der Waals surface area contributed by atoms with E-state index in [0.717, 1.165) is 21.7 Å². The zero-order valence-electron chi connectivity index (χ0n) is 8.44. The van der Waals surface area contributed by atoms with Gasteiger partial charge in [-0.05, 0) is 41.1 Å². The lowest BCUT2D eigenvalue weighted by atomic mass is 10.3. The molecule has 0 N–H and O–H groups in total. The molecule has 0 fully saturated rings. The third-order valence-electron chi connectivity index (χ3n) is 2.10. The summed E-state index contributed by atoms with van der Waals surface area (Å²) in [5.41, 5.74) is 0.956. The van der Waals surface area contributed by atoms with Crippen LogP contribution in [-0.2, 0) is 0 Å². The lowest BCUT2D eigenvalue weighted by Gasteiger charge is -2.06. The van der Waals surface area contributed by atoms with Crippen LogP contribution in [0.15, 0.2) is 29.0 Å². The highest BCUT2D eigenvalue weighted by atomic mass is 79.9. The van der Waals surface area contributed by atoms with E-state index in [4.69, 9.17) is 4.74 Å². The summed E-state index contributed by atoms with van der Waals surface area (Å²) >= 11 is 3.43. The average molecular weight is 268 g/mol. The molecule has 1 heterocycles. The molecule has 2 rings (SSSR count). The summed E-state index contributed by atoms with van der Waals surface area (Å²) in [5.74, 6) is 1.66. The lowest BCUT2D eigenvalue weighted by molar-refractivity contribution is 0.412. The monoisotopic (exact) mass is 267 g/mol. The van der Waals surface area contributed by atoms with E-state index >= 15 is 0 Å². The molecule has 0 aliphatic rings. The van der Waals surface area contributed by atoms with Gasteiger partial charge in [-0.3, -0.25) is 0 Å². The van der Waals surface area contributed by atoms with Crippen molar-refractivity contribution < 1.29 is 4.74 Å². The van der Waals surface area contributed by atoms with Crippen molar-refractivity contribution in [2.24, 2.45) is 0 Å². The van der Waals surface area contributed by atoms with Gasteiger partial charge >= 0.3 is 0 Å². The first-order chi connectivity index (χ1) is 7.22. The predicted molar refractivity (Wildman–Crippen MR) is 60.3 cm³/mol. The number of aromatic nitrogens is 3. The Balaban J connectivity index is 2.47. The second kappa shape index (κ2) is 4.02. The Morgan fingerprint density at radius 2 is 2.20 bits per heavy atom. The highest BCUT2D eigenvalue weighted by Crippen LogP contribution is 2.26. The SMILES string of the molecule is COc1ccc(-n2ncnc2C)cc1Br. The molecule has 4 nitrogen and oxygen atoms in total. The fourth-order valence-corrected chi connectivity index (χ4v) is 1.87. The molecule has 1 aromatic carbocycles. The minimum atomic E-state index is 0.802. The van der Waals surface area contributed by atoms with Gasteiger partial charge in [-0.25, -0.2) is 9.67 Å². The van der Waals surface area contributed by atoms with E-state index in [-0.39, 0.29) is 0 Å². The van der Waals surface area contributed by atoms with E-state index in [1.54, 1.807) is 11.8 Å². The molecule has 0 spiro atoms. The van der Waals surface area contributed by atoms with E-state index in [1.165, 1.54) is 6.33 Å². The van der Waals surface area contributed by atoms with Gasteiger partial charge in [0, 0.05) is 0 Å². The largest absolute Gasteiger partial charge is 0.496 e. The number of aryl methyl sites for hydroxylation is 1. The van der Waals surface area contributed by atoms with Crippen LogP contribution in [0.3, 0.4) is 0 Å². The molecule has 0 bridgehead atoms. The van der Waals surface area contributed by atoms with E-state index in [1.807, 2.05) is 25.1 Å². The van der Waals surface area contributed by atoms with Crippen LogP contribution in [-0.4, -0.2) is 21.9 Å². The zero-order valence-corrected chi connectivity index (χ0v) is 10.0. The highest BCUT2D eigenvalue weighted by Gasteiger charge is 2.05. The first-order valence-corrected chi connectivity index (χ1v) is 5.22. The number of halogens is 1. The number of ether oxygens (including phenoxy) is 1. The maximum atomic E-state index is 5.16. The third-order valence-corrected chi connectivity index (χ3v) is 2.72. The highest BCUT2D eigenvalue weighted by molar-refractivity contribution is 9.10. The van der Waals surface area contributed by atoms with Crippen LogP contribution in [0.25, 0.3) is 5.69 Å². The topological polar surface area (TPSA) is 39.9 Å². The van der Waals surface area contributed by atoms with Crippen molar-refractivity contribution in [1.29, 1.82) is 0 Å². The Morgan fingerprint density at radius 3 is 2.73 bits per heavy atom. The fourth-order valence-electron chi connectivity index (χ4n) is 1.34. The fraction of sp³-hybridized carbons (Fsp3) is 0.200. The van der Waals surface area contributed by atoms with E-state index in [2.05, 4.69) is 26.0 Å². The minimum Gasteiger partial charge on any atom is -0.496 e. The molecule has 2 aromatic rings. The predicted octanol–water partition coefficient (Wildman–Crippen LogP) is 2.35. The Morgan fingerprint density at radius 1 is 1.40 bits per heavy atom. The Kier molecular flexibility index (Phi) is 2.73. The number of benzene rings is 1. The van der Waals surface area contributed by atoms with E-state index in [0.29, 0.717) is 0 Å². The molecule has 5 heteroatoms. The van der Waals surface area contributed by atoms with Crippen LogP contribution >= 0.6 is 15.9 Å². The van der Waals surface area contributed by atoms with Gasteiger partial charge in [-0.2, -0.15) is 5.10 Å². The summed E-state index contributed by atoms with van der Waals surface area (Å²) in [6.07, 6.45) is 1.54. The molecule has 0 aliphatic carbocycles. The van der Waals surface area contributed by atoms with Gasteiger partial charge in [0.2, 0.25) is 0 Å². The summed E-state index contributed by atoms with van der Waals surface area (Å²) in [4.78, 5) is 4.07. The lowest BCUT2D eigenvalue weighted by Crippen LogP contribution is -1.99. The van der Waals surface area contributed by atoms with Crippen molar-refractivity contribution in [2.45, 2.75) is 6.92 Å². The summed E-state index contributed by atoms with van der Waals surface area (Å²) in [6, 6.07) is 5.77. The first-order valence-electron chi connectivity index (χ1n) is 4.43. The second-order valence-electron chi connectivity index (χ2n) is 3.04. The Bertz CT molecular complexity index is 481. The van der Waals surface area contributed by atoms with Gasteiger partial charge in [-0.15, -0.1) is 0 Å². The van der Waals surface area contributed by atoms with Crippen LogP contribution in [0.4, 0.5) is 0 Å². The maximum Gasteiger partial charge on any atom is 0.138 e. The van der Waals surface area contributed by atoms with Crippen LogP contribution in [0, 0.1) is 6.92 Å². The third kappa shape index (κ3) is 1.87. The van der Waals surface area contributed by atoms with Crippen molar-refractivity contribution in [1.82, 2.24) is 14.8 Å². The molecule has 15 heavy (non-hydrogen) atoms. The Hall–Kier alpha value is -1.36. The summed E-state index contributed by atoms with van der Waals surface area (Å²) in [6.45, 7) is 1.91.